The van der Waals surface area contributed by atoms with E-state index < -0.39 is 40.8 Å². The second kappa shape index (κ2) is 12.6. The van der Waals surface area contributed by atoms with E-state index >= 15 is 4.39 Å². The van der Waals surface area contributed by atoms with Gasteiger partial charge in [0, 0.05) is 67.1 Å². The van der Waals surface area contributed by atoms with Gasteiger partial charge in [-0.1, -0.05) is 18.2 Å². The van der Waals surface area contributed by atoms with Gasteiger partial charge in [0.25, 0.3) is 17.4 Å². The van der Waals surface area contributed by atoms with E-state index in [4.69, 9.17) is 4.74 Å². The zero-order chi connectivity index (χ0) is 33.5. The van der Waals surface area contributed by atoms with Gasteiger partial charge in [-0.2, -0.15) is 0 Å². The van der Waals surface area contributed by atoms with Gasteiger partial charge in [0.2, 0.25) is 0 Å². The van der Waals surface area contributed by atoms with Gasteiger partial charge in [0.15, 0.2) is 0 Å². The van der Waals surface area contributed by atoms with E-state index in [0.717, 1.165) is 6.92 Å². The lowest BCUT2D eigenvalue weighted by atomic mass is 9.91. The van der Waals surface area contributed by atoms with Gasteiger partial charge in [-0.15, -0.1) is 0 Å². The highest BCUT2D eigenvalue weighted by Gasteiger charge is 2.32. The van der Waals surface area contributed by atoms with Gasteiger partial charge in [-0.3, -0.25) is 14.6 Å². The Morgan fingerprint density at radius 1 is 1.20 bits per heavy atom. The van der Waals surface area contributed by atoms with Crippen molar-refractivity contribution in [2.75, 3.05) is 24.7 Å². The van der Waals surface area contributed by atoms with Crippen molar-refractivity contribution in [2.45, 2.75) is 52.1 Å². The number of nitrogens with one attached hydrogen (secondary N) is 1. The van der Waals surface area contributed by atoms with Crippen LogP contribution in [0.4, 0.5) is 18.9 Å². The number of pyridine rings is 2. The van der Waals surface area contributed by atoms with Gasteiger partial charge in [0.1, 0.15) is 11.9 Å². The molecule has 1 aliphatic heterocycles. The normalized spacial score (nSPS) is 16.0. The minimum atomic E-state index is -3.34. The predicted octanol–water partition coefficient (Wildman–Crippen LogP) is 5.12. The summed E-state index contributed by atoms with van der Waals surface area (Å²) in [5.41, 5.74) is 0.574. The third-order valence-corrected chi connectivity index (χ3v) is 8.50. The minimum absolute atomic E-state index is 0.0124. The predicted molar refractivity (Wildman–Crippen MR) is 168 cm³/mol. The van der Waals surface area contributed by atoms with Crippen LogP contribution >= 0.6 is 0 Å². The number of benzene rings is 2. The van der Waals surface area contributed by atoms with Crippen molar-refractivity contribution < 1.29 is 32.6 Å². The minimum Gasteiger partial charge on any atom is -0.480 e. The third kappa shape index (κ3) is 6.21. The Bertz CT molecular complexity index is 1880. The van der Waals surface area contributed by atoms with Crippen LogP contribution < -0.4 is 15.8 Å². The summed E-state index contributed by atoms with van der Waals surface area (Å²) in [6, 6.07) is 9.00. The molecule has 0 bridgehead atoms. The number of anilines is 1. The third-order valence-electron chi connectivity index (χ3n) is 8.50. The Balaban J connectivity index is 1.49. The number of carboxylic acids is 1. The first-order valence-corrected chi connectivity index (χ1v) is 14.8. The van der Waals surface area contributed by atoms with Crippen molar-refractivity contribution in [2.24, 2.45) is 7.05 Å². The van der Waals surface area contributed by atoms with Gasteiger partial charge < -0.3 is 24.6 Å². The van der Waals surface area contributed by atoms with Crippen molar-refractivity contribution in [3.8, 4) is 11.1 Å². The highest BCUT2D eigenvalue weighted by molar-refractivity contribution is 5.99. The number of morpholine rings is 1. The van der Waals surface area contributed by atoms with Gasteiger partial charge >= 0.3 is 5.97 Å². The second-order valence-corrected chi connectivity index (χ2v) is 11.8. The number of hydrogen-bond donors (Lipinski definition) is 2. The summed E-state index contributed by atoms with van der Waals surface area (Å²) in [6.45, 7) is 7.37. The lowest BCUT2D eigenvalue weighted by Gasteiger charge is -2.35. The molecule has 1 saturated heterocycles. The summed E-state index contributed by atoms with van der Waals surface area (Å²) in [6.07, 6.45) is 1.22. The lowest BCUT2D eigenvalue weighted by molar-refractivity contribution is -0.139. The lowest BCUT2D eigenvalue weighted by Crippen LogP contribution is -2.44. The number of carbonyl (C=O) groups is 2. The fourth-order valence-corrected chi connectivity index (χ4v) is 5.98. The fraction of sp³-hybridized carbons (Fsp3) is 0.353. The van der Waals surface area contributed by atoms with E-state index in [2.05, 4.69) is 10.3 Å². The molecule has 2 aromatic carbocycles. The van der Waals surface area contributed by atoms with E-state index in [1.165, 1.54) is 42.1 Å². The topological polar surface area (TPSA) is 114 Å². The highest BCUT2D eigenvalue weighted by atomic mass is 19.3. The molecule has 1 aliphatic rings. The van der Waals surface area contributed by atoms with E-state index in [0.29, 0.717) is 47.7 Å². The number of aliphatic carboxylic acids is 1. The van der Waals surface area contributed by atoms with Crippen LogP contribution in [0.3, 0.4) is 0 Å². The molecule has 2 N–H and O–H groups in total. The van der Waals surface area contributed by atoms with Crippen molar-refractivity contribution >= 4 is 28.5 Å². The molecule has 1 fully saturated rings. The quantitative estimate of drug-likeness (QED) is 0.276. The van der Waals surface area contributed by atoms with E-state index in [1.54, 1.807) is 32.0 Å². The van der Waals surface area contributed by atoms with Crippen molar-refractivity contribution in [3.63, 3.8) is 0 Å². The maximum absolute atomic E-state index is 15.4. The molecule has 0 radical (unpaired) electrons. The number of fused-ring (bicyclic) bond motifs is 1. The average Bonchev–Trinajstić information content (AvgIpc) is 2.99. The molecular weight excluding hydrogens is 601 g/mol. The number of aromatic nitrogens is 2. The molecule has 2 atom stereocenters. The van der Waals surface area contributed by atoms with Crippen LogP contribution in [0.25, 0.3) is 22.0 Å². The smallest absolute Gasteiger partial charge is 0.326 e. The van der Waals surface area contributed by atoms with Crippen LogP contribution in [-0.4, -0.2) is 58.4 Å². The zero-order valence-electron chi connectivity index (χ0n) is 26.2. The molecule has 5 rings (SSSR count). The molecule has 46 heavy (non-hydrogen) atoms. The number of amides is 1. The Morgan fingerprint density at radius 2 is 1.93 bits per heavy atom. The van der Waals surface area contributed by atoms with Crippen molar-refractivity contribution in [1.82, 2.24) is 14.9 Å². The van der Waals surface area contributed by atoms with Crippen LogP contribution in [-0.2, 0) is 28.9 Å². The fourth-order valence-electron chi connectivity index (χ4n) is 5.98. The summed E-state index contributed by atoms with van der Waals surface area (Å²) in [5, 5.41) is 12.9. The first-order valence-electron chi connectivity index (χ1n) is 14.8. The van der Waals surface area contributed by atoms with Crippen molar-refractivity contribution in [1.29, 1.82) is 0 Å². The summed E-state index contributed by atoms with van der Waals surface area (Å²) in [7, 11) is 1.49. The van der Waals surface area contributed by atoms with Crippen LogP contribution in [0, 0.1) is 19.7 Å². The summed E-state index contributed by atoms with van der Waals surface area (Å²) >= 11 is 0. The SMILES string of the molecule is Cc1cc(N2CCOC[C@@H]2C)cc(F)c1C(=O)N[C@@H](Cc1ccc(-c2c(C(C)(F)F)cc(C)n(C)c2=O)c2ncccc12)C(=O)O. The molecule has 12 heteroatoms. The Labute approximate surface area is 263 Å². The first-order chi connectivity index (χ1) is 21.7. The van der Waals surface area contributed by atoms with Crippen molar-refractivity contribution in [3.05, 3.63) is 92.8 Å². The van der Waals surface area contributed by atoms with Gasteiger partial charge in [-0.05, 0) is 56.2 Å². The summed E-state index contributed by atoms with van der Waals surface area (Å²) in [5.74, 6) is -6.36. The Morgan fingerprint density at radius 3 is 2.59 bits per heavy atom. The molecule has 0 unspecified atom stereocenters. The molecule has 9 nitrogen and oxygen atoms in total. The molecule has 242 valence electrons. The average molecular weight is 637 g/mol. The zero-order valence-corrected chi connectivity index (χ0v) is 26.2. The summed E-state index contributed by atoms with van der Waals surface area (Å²) in [4.78, 5) is 45.4. The van der Waals surface area contributed by atoms with Crippen LogP contribution in [0.1, 0.15) is 46.6 Å². The van der Waals surface area contributed by atoms with Gasteiger partial charge in [-0.25, -0.2) is 18.0 Å². The molecule has 2 aromatic heterocycles. The number of carbonyl (C=O) groups excluding carboxylic acids is 1. The molecule has 4 aromatic rings. The standard InChI is InChI=1S/C34H35F3N4O5/c1-18-13-22(41-11-12-46-17-20(41)3)16-26(35)28(18)31(42)39-27(33(44)45)15-21-8-9-24(30-23(21)7-6-10-38-30)29-25(34(4,36)37)14-19(2)40(5)32(29)43/h6-10,13-14,16,20,27H,11-12,15,17H2,1-5H3,(H,39,42)(H,44,45)/t20-,27-/m0/s1. The number of aryl methyl sites for hydroxylation is 2. The Kier molecular flexibility index (Phi) is 8.94. The first kappa shape index (κ1) is 32.7. The molecule has 0 aliphatic carbocycles. The number of hydrogen-bond acceptors (Lipinski definition) is 6. The van der Waals surface area contributed by atoms with Gasteiger partial charge in [0.05, 0.1) is 29.9 Å². The molecule has 1 amide bonds. The second-order valence-electron chi connectivity index (χ2n) is 11.8. The number of carboxylic acid groups (broad SMARTS) is 1. The Hall–Kier alpha value is -4.71. The summed E-state index contributed by atoms with van der Waals surface area (Å²) < 4.78 is 51.7. The van der Waals surface area contributed by atoms with E-state index in [1.807, 2.05) is 11.8 Å². The monoisotopic (exact) mass is 636 g/mol. The molecule has 3 heterocycles. The molecular formula is C34H35F3N4O5. The van der Waals surface area contributed by atoms with E-state index in [9.17, 15) is 28.3 Å². The number of nitrogens with zero attached hydrogens (tertiary/aromatic N) is 3. The molecule has 0 saturated carbocycles. The number of halogens is 3. The number of rotatable bonds is 8. The van der Waals surface area contributed by atoms with Crippen LogP contribution in [0.15, 0.2) is 53.5 Å². The maximum atomic E-state index is 15.4. The molecule has 0 spiro atoms. The highest BCUT2D eigenvalue weighted by Crippen LogP contribution is 2.37. The van der Waals surface area contributed by atoms with Crippen LogP contribution in [0.5, 0.6) is 0 Å². The van der Waals surface area contributed by atoms with Crippen LogP contribution in [0.2, 0.25) is 0 Å². The number of alkyl halides is 2. The van der Waals surface area contributed by atoms with E-state index in [-0.39, 0.29) is 34.7 Å². The number of ether oxygens (including phenoxy) is 1. The largest absolute Gasteiger partial charge is 0.480 e. The maximum Gasteiger partial charge on any atom is 0.326 e.